The van der Waals surface area contributed by atoms with Gasteiger partial charge in [0, 0.05) is 24.5 Å². The Morgan fingerprint density at radius 1 is 1.36 bits per heavy atom. The Bertz CT molecular complexity index is 614. The van der Waals surface area contributed by atoms with Crippen molar-refractivity contribution >= 4 is 33.6 Å². The maximum Gasteiger partial charge on any atom is 0.233 e. The van der Waals surface area contributed by atoms with E-state index in [-0.39, 0.29) is 5.91 Å². The van der Waals surface area contributed by atoms with Crippen LogP contribution in [0, 0.1) is 0 Å². The van der Waals surface area contributed by atoms with E-state index in [2.05, 4.69) is 38.0 Å². The Morgan fingerprint density at radius 3 is 2.77 bits per heavy atom. The van der Waals surface area contributed by atoms with Crippen LogP contribution in [0.4, 0.5) is 0 Å². The minimum Gasteiger partial charge on any atom is -0.341 e. The number of nitrogens with zero attached hydrogens (tertiary/aromatic N) is 3. The molecule has 0 saturated carbocycles. The summed E-state index contributed by atoms with van der Waals surface area (Å²) in [7, 11) is 1.81. The first kappa shape index (κ1) is 17.0. The van der Waals surface area contributed by atoms with Gasteiger partial charge in [0.15, 0.2) is 0 Å². The lowest BCUT2D eigenvalue weighted by Gasteiger charge is -2.16. The van der Waals surface area contributed by atoms with E-state index in [1.807, 2.05) is 31.3 Å². The summed E-state index contributed by atoms with van der Waals surface area (Å²) in [5.74, 6) is 1.28. The van der Waals surface area contributed by atoms with Crippen molar-refractivity contribution in [3.8, 4) is 0 Å². The Kier molecular flexibility index (Phi) is 6.45. The monoisotopic (exact) mass is 382 g/mol. The van der Waals surface area contributed by atoms with Gasteiger partial charge < -0.3 is 4.90 Å². The third-order valence-corrected chi connectivity index (χ3v) is 4.44. The van der Waals surface area contributed by atoms with Crippen LogP contribution in [0.15, 0.2) is 33.9 Å². The van der Waals surface area contributed by atoms with Crippen LogP contribution in [0.1, 0.15) is 24.7 Å². The quantitative estimate of drug-likeness (QED) is 0.746. The summed E-state index contributed by atoms with van der Waals surface area (Å²) >= 11 is 4.77. The molecule has 0 aliphatic rings. The van der Waals surface area contributed by atoms with Crippen molar-refractivity contribution in [1.29, 1.82) is 0 Å². The summed E-state index contributed by atoms with van der Waals surface area (Å²) in [4.78, 5) is 18.2. The third kappa shape index (κ3) is 5.14. The average molecular weight is 383 g/mol. The molecule has 22 heavy (non-hydrogen) atoms. The first-order valence-electron chi connectivity index (χ1n) is 7.11. The molecule has 2 rings (SSSR count). The lowest BCUT2D eigenvalue weighted by molar-refractivity contribution is -0.127. The van der Waals surface area contributed by atoms with E-state index in [1.165, 1.54) is 11.8 Å². The van der Waals surface area contributed by atoms with E-state index in [4.69, 9.17) is 0 Å². The van der Waals surface area contributed by atoms with Gasteiger partial charge in [-0.05, 0) is 24.1 Å². The maximum atomic E-state index is 12.2. The number of rotatable bonds is 7. The maximum absolute atomic E-state index is 12.2. The zero-order valence-electron chi connectivity index (χ0n) is 12.7. The Labute approximate surface area is 143 Å². The summed E-state index contributed by atoms with van der Waals surface area (Å²) in [6.45, 7) is 2.69. The van der Waals surface area contributed by atoms with Gasteiger partial charge in [0.1, 0.15) is 5.82 Å². The number of halogens is 1. The van der Waals surface area contributed by atoms with Gasteiger partial charge in [-0.25, -0.2) is 4.98 Å². The van der Waals surface area contributed by atoms with Crippen molar-refractivity contribution in [3.63, 3.8) is 0 Å². The smallest absolute Gasteiger partial charge is 0.233 e. The predicted molar refractivity (Wildman–Crippen MR) is 91.7 cm³/mol. The molecule has 5 nitrogen and oxygen atoms in total. The highest BCUT2D eigenvalue weighted by Gasteiger charge is 2.12. The largest absolute Gasteiger partial charge is 0.341 e. The molecule has 0 spiro atoms. The number of aryl methyl sites for hydroxylation is 1. The standard InChI is InChI=1S/C15H19BrN4OS/c1-3-4-13-17-15(19-18-13)22-10-14(21)20(2)9-11-5-7-12(16)8-6-11/h5-8H,3-4,9-10H2,1-2H3,(H,17,18,19). The van der Waals surface area contributed by atoms with Crippen LogP contribution in [0.3, 0.4) is 0 Å². The van der Waals surface area contributed by atoms with Crippen molar-refractivity contribution in [2.75, 3.05) is 12.8 Å². The molecular formula is C15H19BrN4OS. The first-order valence-corrected chi connectivity index (χ1v) is 8.89. The van der Waals surface area contributed by atoms with Gasteiger partial charge in [0.05, 0.1) is 5.75 Å². The zero-order valence-corrected chi connectivity index (χ0v) is 15.1. The number of carbonyl (C=O) groups excluding carboxylic acids is 1. The van der Waals surface area contributed by atoms with E-state index in [0.717, 1.165) is 28.7 Å². The van der Waals surface area contributed by atoms with Crippen LogP contribution in [0.25, 0.3) is 0 Å². The van der Waals surface area contributed by atoms with Crippen molar-refractivity contribution in [2.24, 2.45) is 0 Å². The fourth-order valence-electron chi connectivity index (χ4n) is 1.88. The minimum absolute atomic E-state index is 0.0646. The molecule has 0 aliphatic heterocycles. The molecule has 0 atom stereocenters. The number of hydrogen-bond donors (Lipinski definition) is 1. The highest BCUT2D eigenvalue weighted by molar-refractivity contribution is 9.10. The number of carbonyl (C=O) groups is 1. The number of aromatic nitrogens is 3. The van der Waals surface area contributed by atoms with Crippen LogP contribution < -0.4 is 0 Å². The van der Waals surface area contributed by atoms with Gasteiger partial charge in [-0.3, -0.25) is 9.89 Å². The van der Waals surface area contributed by atoms with Crippen molar-refractivity contribution in [1.82, 2.24) is 20.1 Å². The molecule has 118 valence electrons. The number of thioether (sulfide) groups is 1. The number of benzene rings is 1. The molecule has 1 heterocycles. The lowest BCUT2D eigenvalue weighted by Crippen LogP contribution is -2.27. The molecule has 0 bridgehead atoms. The molecule has 0 fully saturated rings. The molecule has 2 aromatic rings. The van der Waals surface area contributed by atoms with Gasteiger partial charge in [-0.2, -0.15) is 0 Å². The summed E-state index contributed by atoms with van der Waals surface area (Å²) in [5.41, 5.74) is 1.10. The molecule has 7 heteroatoms. The van der Waals surface area contributed by atoms with E-state index in [9.17, 15) is 4.79 Å². The Morgan fingerprint density at radius 2 is 2.09 bits per heavy atom. The highest BCUT2D eigenvalue weighted by Crippen LogP contribution is 2.15. The molecule has 0 radical (unpaired) electrons. The highest BCUT2D eigenvalue weighted by atomic mass is 79.9. The molecule has 0 saturated heterocycles. The summed E-state index contributed by atoms with van der Waals surface area (Å²) in [6.07, 6.45) is 1.90. The summed E-state index contributed by atoms with van der Waals surface area (Å²) < 4.78 is 1.04. The average Bonchev–Trinajstić information content (AvgIpc) is 2.95. The molecule has 1 amide bonds. The van der Waals surface area contributed by atoms with Crippen molar-refractivity contribution < 1.29 is 4.79 Å². The van der Waals surface area contributed by atoms with Gasteiger partial charge in [0.25, 0.3) is 0 Å². The minimum atomic E-state index is 0.0646. The topological polar surface area (TPSA) is 61.9 Å². The SMILES string of the molecule is CCCc1nc(SCC(=O)N(C)Cc2ccc(Br)cc2)n[nH]1. The predicted octanol–water partition coefficient (Wildman–Crippen LogP) is 3.27. The fourth-order valence-corrected chi connectivity index (χ4v) is 2.90. The Hall–Kier alpha value is -1.34. The van der Waals surface area contributed by atoms with E-state index in [0.29, 0.717) is 17.5 Å². The second-order valence-electron chi connectivity index (χ2n) is 4.98. The van der Waals surface area contributed by atoms with E-state index >= 15 is 0 Å². The Balaban J connectivity index is 1.81. The third-order valence-electron chi connectivity index (χ3n) is 3.08. The number of amides is 1. The van der Waals surface area contributed by atoms with Crippen LogP contribution in [-0.4, -0.2) is 38.8 Å². The van der Waals surface area contributed by atoms with E-state index in [1.54, 1.807) is 4.90 Å². The molecule has 1 aromatic heterocycles. The van der Waals surface area contributed by atoms with Crippen LogP contribution in [0.5, 0.6) is 0 Å². The molecule has 0 aliphatic carbocycles. The van der Waals surface area contributed by atoms with E-state index < -0.39 is 0 Å². The second-order valence-corrected chi connectivity index (χ2v) is 6.84. The molecule has 1 N–H and O–H groups in total. The summed E-state index contributed by atoms with van der Waals surface area (Å²) in [6, 6.07) is 7.97. The van der Waals surface area contributed by atoms with Gasteiger partial charge >= 0.3 is 0 Å². The molecule has 0 unspecified atom stereocenters. The van der Waals surface area contributed by atoms with Crippen LogP contribution in [0.2, 0.25) is 0 Å². The van der Waals surface area contributed by atoms with Gasteiger partial charge in [-0.1, -0.05) is 46.7 Å². The molecule has 1 aromatic carbocycles. The van der Waals surface area contributed by atoms with Gasteiger partial charge in [-0.15, -0.1) is 5.10 Å². The lowest BCUT2D eigenvalue weighted by atomic mass is 10.2. The fraction of sp³-hybridized carbons (Fsp3) is 0.400. The van der Waals surface area contributed by atoms with Crippen LogP contribution >= 0.6 is 27.7 Å². The van der Waals surface area contributed by atoms with Crippen molar-refractivity contribution in [2.45, 2.75) is 31.5 Å². The number of hydrogen-bond acceptors (Lipinski definition) is 4. The summed E-state index contributed by atoms with van der Waals surface area (Å²) in [5, 5.41) is 7.64. The van der Waals surface area contributed by atoms with Crippen LogP contribution in [-0.2, 0) is 17.8 Å². The van der Waals surface area contributed by atoms with Crippen molar-refractivity contribution in [3.05, 3.63) is 40.1 Å². The zero-order chi connectivity index (χ0) is 15.9. The molecular weight excluding hydrogens is 364 g/mol. The number of aromatic amines is 1. The normalized spacial score (nSPS) is 10.7. The van der Waals surface area contributed by atoms with Gasteiger partial charge in [0.2, 0.25) is 11.1 Å². The number of nitrogens with one attached hydrogen (secondary N) is 1. The first-order chi connectivity index (χ1) is 10.6. The second kappa shape index (κ2) is 8.33. The number of H-pyrrole nitrogens is 1.